The molecule has 0 saturated carbocycles. The summed E-state index contributed by atoms with van der Waals surface area (Å²) in [6.07, 6.45) is 1.67. The van der Waals surface area contributed by atoms with E-state index in [1.807, 2.05) is 13.8 Å². The second-order valence-electron chi connectivity index (χ2n) is 6.44. The summed E-state index contributed by atoms with van der Waals surface area (Å²) in [5.41, 5.74) is -1.56. The van der Waals surface area contributed by atoms with Crippen LogP contribution in [0.15, 0.2) is 5.10 Å². The third-order valence-corrected chi connectivity index (χ3v) is 3.40. The topological polar surface area (TPSA) is 88.4 Å². The number of hydrazone groups is 1. The summed E-state index contributed by atoms with van der Waals surface area (Å²) in [5.74, 6) is -2.47. The van der Waals surface area contributed by atoms with Crippen molar-refractivity contribution in [1.82, 2.24) is 5.01 Å². The molecule has 0 bridgehead atoms. The Labute approximate surface area is 124 Å². The monoisotopic (exact) mass is 300 g/mol. The lowest BCUT2D eigenvalue weighted by molar-refractivity contribution is -0.164. The van der Waals surface area contributed by atoms with E-state index >= 15 is 0 Å². The van der Waals surface area contributed by atoms with Crippen molar-refractivity contribution in [3.8, 4) is 0 Å². The van der Waals surface area contributed by atoms with E-state index in [4.69, 9.17) is 9.47 Å². The normalized spacial score (nSPS) is 20.8. The molecule has 0 aromatic heterocycles. The number of hydrogen-bond donors (Lipinski definition) is 1. The van der Waals surface area contributed by atoms with Crippen LogP contribution in [0, 0.1) is 11.3 Å². The number of ether oxygens (including phenoxy) is 2. The minimum Gasteiger partial charge on any atom is -0.468 e. The Balaban J connectivity index is 3.17. The molecule has 21 heavy (non-hydrogen) atoms. The average molecular weight is 300 g/mol. The van der Waals surface area contributed by atoms with E-state index in [-0.39, 0.29) is 6.54 Å². The largest absolute Gasteiger partial charge is 0.468 e. The zero-order chi connectivity index (χ0) is 16.4. The van der Waals surface area contributed by atoms with Crippen molar-refractivity contribution in [3.63, 3.8) is 0 Å². The molecule has 7 heteroatoms. The molecule has 7 nitrogen and oxygen atoms in total. The molecule has 0 spiro atoms. The van der Waals surface area contributed by atoms with Crippen molar-refractivity contribution in [1.29, 1.82) is 0 Å². The molecule has 1 rings (SSSR count). The van der Waals surface area contributed by atoms with Crippen molar-refractivity contribution in [2.75, 3.05) is 20.8 Å². The Kier molecular flexibility index (Phi) is 4.99. The first-order valence-electron chi connectivity index (χ1n) is 6.73. The second-order valence-corrected chi connectivity index (χ2v) is 6.44. The molecule has 120 valence electrons. The Morgan fingerprint density at radius 2 is 1.81 bits per heavy atom. The molecular weight excluding hydrogens is 276 g/mol. The molecule has 1 aliphatic heterocycles. The summed E-state index contributed by atoms with van der Waals surface area (Å²) in [5, 5.41) is 15.8. The number of rotatable bonds is 5. The number of carbonyl (C=O) groups excluding carboxylic acids is 2. The van der Waals surface area contributed by atoms with Crippen LogP contribution < -0.4 is 0 Å². The van der Waals surface area contributed by atoms with Crippen LogP contribution in [0.25, 0.3) is 0 Å². The minimum atomic E-state index is -1.13. The minimum absolute atomic E-state index is 0.183. The molecule has 1 atom stereocenters. The SMILES string of the molecule is COC(=O)C(C(=O)OC)C1N(CC(C)(C)O)N=CC1(C)C. The molecule has 0 aromatic rings. The van der Waals surface area contributed by atoms with Crippen molar-refractivity contribution >= 4 is 18.2 Å². The molecule has 0 aromatic carbocycles. The van der Waals surface area contributed by atoms with Crippen LogP contribution in [0.3, 0.4) is 0 Å². The molecule has 1 heterocycles. The summed E-state index contributed by atoms with van der Waals surface area (Å²) in [4.78, 5) is 24.1. The van der Waals surface area contributed by atoms with Gasteiger partial charge >= 0.3 is 11.9 Å². The Morgan fingerprint density at radius 1 is 1.33 bits per heavy atom. The van der Waals surface area contributed by atoms with E-state index in [2.05, 4.69) is 5.10 Å². The van der Waals surface area contributed by atoms with E-state index in [1.54, 1.807) is 25.1 Å². The number of methoxy groups -OCH3 is 2. The average Bonchev–Trinajstić information content (AvgIpc) is 2.64. The van der Waals surface area contributed by atoms with Gasteiger partial charge in [-0.05, 0) is 13.8 Å². The zero-order valence-electron chi connectivity index (χ0n) is 13.4. The summed E-state index contributed by atoms with van der Waals surface area (Å²) in [7, 11) is 2.45. The van der Waals surface area contributed by atoms with Crippen molar-refractivity contribution in [3.05, 3.63) is 0 Å². The van der Waals surface area contributed by atoms with Crippen molar-refractivity contribution in [2.45, 2.75) is 39.3 Å². The lowest BCUT2D eigenvalue weighted by atomic mass is 9.78. The van der Waals surface area contributed by atoms with Gasteiger partial charge in [0.2, 0.25) is 0 Å². The number of hydrogen-bond acceptors (Lipinski definition) is 7. The molecular formula is C14H24N2O5. The van der Waals surface area contributed by atoms with E-state index in [9.17, 15) is 14.7 Å². The Bertz CT molecular complexity index is 423. The second kappa shape index (κ2) is 6.01. The third kappa shape index (κ3) is 3.93. The molecule has 0 amide bonds. The van der Waals surface area contributed by atoms with Crippen LogP contribution >= 0.6 is 0 Å². The van der Waals surface area contributed by atoms with Gasteiger partial charge < -0.3 is 14.6 Å². The number of aliphatic hydroxyl groups is 1. The first kappa shape index (κ1) is 17.4. The highest BCUT2D eigenvalue weighted by Crippen LogP contribution is 2.36. The van der Waals surface area contributed by atoms with Gasteiger partial charge in [0.25, 0.3) is 0 Å². The highest BCUT2D eigenvalue weighted by Gasteiger charge is 2.51. The first-order valence-corrected chi connectivity index (χ1v) is 6.73. The maximum absolute atomic E-state index is 12.0. The van der Waals surface area contributed by atoms with Gasteiger partial charge in [0, 0.05) is 11.6 Å². The fraction of sp³-hybridized carbons (Fsp3) is 0.786. The molecule has 0 saturated heterocycles. The summed E-state index contributed by atoms with van der Waals surface area (Å²) in [6.45, 7) is 7.18. The van der Waals surface area contributed by atoms with Crippen LogP contribution in [0.4, 0.5) is 0 Å². The Morgan fingerprint density at radius 3 is 2.19 bits per heavy atom. The lowest BCUT2D eigenvalue weighted by Crippen LogP contribution is -2.53. The number of carbonyl (C=O) groups is 2. The number of nitrogens with zero attached hydrogens (tertiary/aromatic N) is 2. The molecule has 0 aliphatic carbocycles. The van der Waals surface area contributed by atoms with Gasteiger partial charge in [-0.25, -0.2) is 0 Å². The third-order valence-electron chi connectivity index (χ3n) is 3.40. The predicted octanol–water partition coefficient (Wildman–Crippen LogP) is 0.416. The van der Waals surface area contributed by atoms with Gasteiger partial charge in [-0.2, -0.15) is 5.10 Å². The summed E-state index contributed by atoms with van der Waals surface area (Å²) in [6, 6.07) is -0.580. The van der Waals surface area contributed by atoms with Crippen molar-refractivity contribution in [2.24, 2.45) is 16.4 Å². The summed E-state index contributed by atoms with van der Waals surface area (Å²) >= 11 is 0. The highest BCUT2D eigenvalue weighted by molar-refractivity contribution is 5.96. The fourth-order valence-electron chi connectivity index (χ4n) is 2.50. The van der Waals surface area contributed by atoms with E-state index in [0.717, 1.165) is 0 Å². The fourth-order valence-corrected chi connectivity index (χ4v) is 2.50. The van der Waals surface area contributed by atoms with Crippen LogP contribution in [-0.4, -0.2) is 60.7 Å². The van der Waals surface area contributed by atoms with Crippen LogP contribution in [0.5, 0.6) is 0 Å². The maximum Gasteiger partial charge on any atom is 0.322 e. The van der Waals surface area contributed by atoms with Crippen LogP contribution in [-0.2, 0) is 19.1 Å². The van der Waals surface area contributed by atoms with Gasteiger partial charge in [-0.1, -0.05) is 13.8 Å². The smallest absolute Gasteiger partial charge is 0.322 e. The number of esters is 2. The quantitative estimate of drug-likeness (QED) is 0.584. The highest BCUT2D eigenvalue weighted by atomic mass is 16.5. The molecule has 1 aliphatic rings. The number of β-amino-alcohol motifs (C(OH)–C–C–N with tert-alkyl or cyclic N) is 1. The maximum atomic E-state index is 12.0. The molecule has 0 fully saturated rings. The van der Waals surface area contributed by atoms with Gasteiger partial charge in [0.05, 0.1) is 32.4 Å². The molecule has 1 unspecified atom stereocenters. The summed E-state index contributed by atoms with van der Waals surface area (Å²) < 4.78 is 9.47. The van der Waals surface area contributed by atoms with Gasteiger partial charge in [0.15, 0.2) is 5.92 Å². The van der Waals surface area contributed by atoms with E-state index < -0.39 is 34.9 Å². The van der Waals surface area contributed by atoms with Gasteiger partial charge in [-0.3, -0.25) is 14.6 Å². The van der Waals surface area contributed by atoms with Gasteiger partial charge in [0.1, 0.15) is 0 Å². The van der Waals surface area contributed by atoms with Crippen LogP contribution in [0.2, 0.25) is 0 Å². The first-order chi connectivity index (χ1) is 9.53. The zero-order valence-corrected chi connectivity index (χ0v) is 13.4. The van der Waals surface area contributed by atoms with Crippen molar-refractivity contribution < 1.29 is 24.2 Å². The standard InChI is InChI=1S/C14H24N2O5/c1-13(2)7-15-16(8-14(3,4)19)10(13)9(11(17)20-5)12(18)21-6/h7,9-10,19H,8H2,1-6H3. The Hall–Kier alpha value is -1.63. The molecule has 0 radical (unpaired) electrons. The predicted molar refractivity (Wildman–Crippen MR) is 76.6 cm³/mol. The van der Waals surface area contributed by atoms with E-state index in [1.165, 1.54) is 14.2 Å². The lowest BCUT2D eigenvalue weighted by Gasteiger charge is -2.37. The molecule has 1 N–H and O–H groups in total. The van der Waals surface area contributed by atoms with E-state index in [0.29, 0.717) is 0 Å². The van der Waals surface area contributed by atoms with Gasteiger partial charge in [-0.15, -0.1) is 0 Å². The van der Waals surface area contributed by atoms with Crippen LogP contribution in [0.1, 0.15) is 27.7 Å².